The average Bonchev–Trinajstić information content (AvgIpc) is 3.28. The third-order valence-electron chi connectivity index (χ3n) is 6.51. The Morgan fingerprint density at radius 2 is 1.77 bits per heavy atom. The van der Waals surface area contributed by atoms with Crippen LogP contribution >= 0.6 is 24.0 Å². The number of hydrogen-bond acceptors (Lipinski definition) is 5. The molecule has 3 fully saturated rings. The molecule has 7 nitrogen and oxygen atoms in total. The normalized spacial score (nSPS) is 23.7. The van der Waals surface area contributed by atoms with Gasteiger partial charge in [-0.05, 0) is 30.7 Å². The fourth-order valence-electron chi connectivity index (χ4n) is 4.71. The lowest BCUT2D eigenvalue weighted by Gasteiger charge is -2.36. The predicted molar refractivity (Wildman–Crippen MR) is 134 cm³/mol. The molecule has 3 aliphatic rings. The number of benzene rings is 1. The van der Waals surface area contributed by atoms with Crippen LogP contribution in [-0.4, -0.2) is 112 Å². The second kappa shape index (κ2) is 12.2. The molecule has 3 aliphatic heterocycles. The number of halogens is 2. The molecular formula is C22H36FIN6O. The van der Waals surface area contributed by atoms with E-state index < -0.39 is 0 Å². The first-order chi connectivity index (χ1) is 14.7. The molecule has 4 rings (SSSR count). The molecule has 31 heavy (non-hydrogen) atoms. The van der Waals surface area contributed by atoms with Crippen LogP contribution in [-0.2, 0) is 4.74 Å². The minimum atomic E-state index is -0.175. The fraction of sp³-hybridized carbons (Fsp3) is 0.682. The highest BCUT2D eigenvalue weighted by atomic mass is 127. The molecule has 1 atom stereocenters. The van der Waals surface area contributed by atoms with Crippen molar-refractivity contribution in [1.29, 1.82) is 0 Å². The highest BCUT2D eigenvalue weighted by Gasteiger charge is 2.30. The molecule has 1 unspecified atom stereocenters. The summed E-state index contributed by atoms with van der Waals surface area (Å²) in [6, 6.07) is 7.44. The van der Waals surface area contributed by atoms with Gasteiger partial charge in [0, 0.05) is 84.2 Å². The Morgan fingerprint density at radius 3 is 2.45 bits per heavy atom. The van der Waals surface area contributed by atoms with Gasteiger partial charge in [0.05, 0.1) is 13.2 Å². The van der Waals surface area contributed by atoms with Crippen LogP contribution in [0.15, 0.2) is 29.3 Å². The van der Waals surface area contributed by atoms with Crippen molar-refractivity contribution in [3.05, 3.63) is 30.1 Å². The molecule has 0 amide bonds. The molecule has 0 aromatic heterocycles. The second-order valence-electron chi connectivity index (χ2n) is 8.32. The zero-order valence-electron chi connectivity index (χ0n) is 18.5. The molecule has 3 saturated heterocycles. The number of guanidine groups is 1. The van der Waals surface area contributed by atoms with Crippen molar-refractivity contribution in [3.63, 3.8) is 0 Å². The Kier molecular flexibility index (Phi) is 9.61. The van der Waals surface area contributed by atoms with Crippen molar-refractivity contribution >= 4 is 35.6 Å². The van der Waals surface area contributed by atoms with E-state index in [1.807, 2.05) is 19.2 Å². The molecule has 0 spiro atoms. The standard InChI is InChI=1S/C22H35FN6O.HI/c1-24-22(29-8-6-21(18-29)28-14-16-30-17-15-28)25-7-9-26-10-12-27(13-11-26)20-4-2-19(23)3-5-20;/h2-5,21H,6-18H2,1H3,(H,24,25);1H. The molecule has 0 radical (unpaired) electrons. The van der Waals surface area contributed by atoms with E-state index in [1.165, 1.54) is 6.42 Å². The van der Waals surface area contributed by atoms with Crippen molar-refractivity contribution in [2.75, 3.05) is 90.6 Å². The van der Waals surface area contributed by atoms with Crippen molar-refractivity contribution in [2.45, 2.75) is 12.5 Å². The van der Waals surface area contributed by atoms with Crippen LogP contribution in [0.1, 0.15) is 6.42 Å². The van der Waals surface area contributed by atoms with Crippen LogP contribution < -0.4 is 10.2 Å². The highest BCUT2D eigenvalue weighted by molar-refractivity contribution is 14.0. The van der Waals surface area contributed by atoms with E-state index in [1.54, 1.807) is 12.1 Å². The van der Waals surface area contributed by atoms with Gasteiger partial charge in [0.25, 0.3) is 0 Å². The Hall–Kier alpha value is -1.17. The van der Waals surface area contributed by atoms with Gasteiger partial charge in [0.15, 0.2) is 5.96 Å². The van der Waals surface area contributed by atoms with Crippen LogP contribution in [0.3, 0.4) is 0 Å². The van der Waals surface area contributed by atoms with Crippen LogP contribution in [0.2, 0.25) is 0 Å². The first kappa shape index (κ1) is 24.5. The first-order valence-electron chi connectivity index (χ1n) is 11.2. The molecule has 0 bridgehead atoms. The molecule has 0 aliphatic carbocycles. The maximum atomic E-state index is 13.1. The largest absolute Gasteiger partial charge is 0.379 e. The lowest BCUT2D eigenvalue weighted by atomic mass is 10.2. The van der Waals surface area contributed by atoms with E-state index in [2.05, 4.69) is 29.9 Å². The summed E-state index contributed by atoms with van der Waals surface area (Å²) in [5, 5.41) is 3.57. The first-order valence-corrected chi connectivity index (χ1v) is 11.2. The molecule has 1 aromatic rings. The van der Waals surface area contributed by atoms with Gasteiger partial charge in [0.1, 0.15) is 5.82 Å². The van der Waals surface area contributed by atoms with Gasteiger partial charge in [-0.15, -0.1) is 24.0 Å². The molecule has 174 valence electrons. The molecular weight excluding hydrogens is 510 g/mol. The molecule has 1 aromatic carbocycles. The molecule has 9 heteroatoms. The number of aliphatic imine (C=N–C) groups is 1. The summed E-state index contributed by atoms with van der Waals surface area (Å²) in [5.41, 5.74) is 1.11. The molecule has 0 saturated carbocycles. The monoisotopic (exact) mass is 546 g/mol. The van der Waals surface area contributed by atoms with Gasteiger partial charge in [0.2, 0.25) is 0 Å². The van der Waals surface area contributed by atoms with Crippen molar-refractivity contribution in [3.8, 4) is 0 Å². The van der Waals surface area contributed by atoms with E-state index in [-0.39, 0.29) is 29.8 Å². The fourth-order valence-corrected chi connectivity index (χ4v) is 4.71. The summed E-state index contributed by atoms with van der Waals surface area (Å²) in [6.07, 6.45) is 1.20. The van der Waals surface area contributed by atoms with Crippen molar-refractivity contribution in [2.24, 2.45) is 4.99 Å². The van der Waals surface area contributed by atoms with Gasteiger partial charge in [-0.2, -0.15) is 0 Å². The van der Waals surface area contributed by atoms with Crippen LogP contribution in [0, 0.1) is 5.82 Å². The van der Waals surface area contributed by atoms with E-state index in [9.17, 15) is 4.39 Å². The Morgan fingerprint density at radius 1 is 1.06 bits per heavy atom. The van der Waals surface area contributed by atoms with Gasteiger partial charge in [-0.1, -0.05) is 0 Å². The predicted octanol–water partition coefficient (Wildman–Crippen LogP) is 1.55. The zero-order valence-corrected chi connectivity index (χ0v) is 20.8. The highest BCUT2D eigenvalue weighted by Crippen LogP contribution is 2.18. The third-order valence-corrected chi connectivity index (χ3v) is 6.51. The summed E-state index contributed by atoms with van der Waals surface area (Å²) in [5.74, 6) is 0.849. The van der Waals surface area contributed by atoms with Gasteiger partial charge in [-0.25, -0.2) is 4.39 Å². The lowest BCUT2D eigenvalue weighted by Crippen LogP contribution is -2.50. The van der Waals surface area contributed by atoms with Gasteiger partial charge in [-0.3, -0.25) is 14.8 Å². The average molecular weight is 546 g/mol. The van der Waals surface area contributed by atoms with Crippen molar-refractivity contribution < 1.29 is 9.13 Å². The van der Waals surface area contributed by atoms with E-state index in [0.717, 1.165) is 90.3 Å². The third kappa shape index (κ3) is 6.66. The minimum absolute atomic E-state index is 0. The van der Waals surface area contributed by atoms with E-state index in [4.69, 9.17) is 4.74 Å². The van der Waals surface area contributed by atoms with Gasteiger partial charge >= 0.3 is 0 Å². The Bertz CT molecular complexity index is 692. The summed E-state index contributed by atoms with van der Waals surface area (Å²) >= 11 is 0. The summed E-state index contributed by atoms with van der Waals surface area (Å²) in [7, 11) is 1.88. The maximum absolute atomic E-state index is 13.1. The quantitative estimate of drug-likeness (QED) is 0.344. The Balaban J connectivity index is 0.00000272. The summed E-state index contributed by atoms with van der Waals surface area (Å²) in [4.78, 5) is 14.3. The summed E-state index contributed by atoms with van der Waals surface area (Å²) < 4.78 is 18.6. The number of nitrogens with zero attached hydrogens (tertiary/aromatic N) is 5. The second-order valence-corrected chi connectivity index (χ2v) is 8.32. The SMILES string of the molecule is CN=C(NCCN1CCN(c2ccc(F)cc2)CC1)N1CCC(N2CCOCC2)C1.I. The molecule has 1 N–H and O–H groups in total. The van der Waals surface area contributed by atoms with Gasteiger partial charge < -0.3 is 19.9 Å². The molecule has 3 heterocycles. The number of anilines is 1. The summed E-state index contributed by atoms with van der Waals surface area (Å²) in [6.45, 7) is 11.9. The van der Waals surface area contributed by atoms with Crippen LogP contribution in [0.5, 0.6) is 0 Å². The van der Waals surface area contributed by atoms with E-state index in [0.29, 0.717) is 6.04 Å². The van der Waals surface area contributed by atoms with Crippen molar-refractivity contribution in [1.82, 2.24) is 20.0 Å². The number of nitrogens with one attached hydrogen (secondary N) is 1. The lowest BCUT2D eigenvalue weighted by molar-refractivity contribution is 0.0195. The number of hydrogen-bond donors (Lipinski definition) is 1. The number of ether oxygens (including phenoxy) is 1. The Labute approximate surface area is 202 Å². The number of morpholine rings is 1. The number of likely N-dealkylation sites (tertiary alicyclic amines) is 1. The minimum Gasteiger partial charge on any atom is -0.379 e. The van der Waals surface area contributed by atoms with Crippen LogP contribution in [0.4, 0.5) is 10.1 Å². The smallest absolute Gasteiger partial charge is 0.193 e. The zero-order chi connectivity index (χ0) is 20.8. The maximum Gasteiger partial charge on any atom is 0.193 e. The van der Waals surface area contributed by atoms with E-state index >= 15 is 0 Å². The number of rotatable bonds is 5. The number of piperazine rings is 1. The topological polar surface area (TPSA) is 46.6 Å². The van der Waals surface area contributed by atoms with Crippen LogP contribution in [0.25, 0.3) is 0 Å².